The first-order valence-electron chi connectivity index (χ1n) is 5.46. The minimum Gasteiger partial charge on any atom is -0.494 e. The summed E-state index contributed by atoms with van der Waals surface area (Å²) in [5, 5.41) is 9.35. The first-order chi connectivity index (χ1) is 7.67. The van der Waals surface area contributed by atoms with E-state index in [4.69, 9.17) is 10.5 Å². The molecule has 0 aromatic heterocycles. The first kappa shape index (κ1) is 12.9. The number of ether oxygens (including phenoxy) is 1. The van der Waals surface area contributed by atoms with Crippen molar-refractivity contribution in [3.63, 3.8) is 0 Å². The van der Waals surface area contributed by atoms with E-state index in [0.717, 1.165) is 5.56 Å². The lowest BCUT2D eigenvalue weighted by molar-refractivity contribution is 0.172. The van der Waals surface area contributed by atoms with Gasteiger partial charge in [-0.3, -0.25) is 0 Å². The van der Waals surface area contributed by atoms with E-state index in [2.05, 4.69) is 0 Å². The van der Waals surface area contributed by atoms with Crippen LogP contribution in [0.15, 0.2) is 18.2 Å². The van der Waals surface area contributed by atoms with E-state index < -0.39 is 6.10 Å². The molecule has 0 saturated heterocycles. The lowest BCUT2D eigenvalue weighted by Crippen LogP contribution is -2.20. The highest BCUT2D eigenvalue weighted by atomic mass is 19.1. The molecular weight excluding hydrogens is 209 g/mol. The van der Waals surface area contributed by atoms with Crippen LogP contribution in [-0.4, -0.2) is 24.4 Å². The molecule has 3 nitrogen and oxygen atoms in total. The van der Waals surface area contributed by atoms with E-state index in [0.29, 0.717) is 25.2 Å². The molecule has 0 saturated carbocycles. The third-order valence-electron chi connectivity index (χ3n) is 2.34. The van der Waals surface area contributed by atoms with Gasteiger partial charge in [-0.15, -0.1) is 0 Å². The highest BCUT2D eigenvalue weighted by molar-refractivity contribution is 5.34. The van der Waals surface area contributed by atoms with Crippen LogP contribution < -0.4 is 10.5 Å². The summed E-state index contributed by atoms with van der Waals surface area (Å²) in [6.07, 6.45) is 0.531. The van der Waals surface area contributed by atoms with Gasteiger partial charge in [-0.25, -0.2) is 4.39 Å². The number of nitrogens with two attached hydrogens (primary N) is 1. The molecule has 1 aromatic rings. The summed E-state index contributed by atoms with van der Waals surface area (Å²) in [5.41, 5.74) is 6.08. The summed E-state index contributed by atoms with van der Waals surface area (Å²) in [6, 6.07) is 4.42. The van der Waals surface area contributed by atoms with Gasteiger partial charge < -0.3 is 15.6 Å². The second-order valence-electron chi connectivity index (χ2n) is 3.61. The number of hydrogen-bond acceptors (Lipinski definition) is 3. The van der Waals surface area contributed by atoms with Crippen molar-refractivity contribution in [1.82, 2.24) is 0 Å². The molecule has 0 amide bonds. The van der Waals surface area contributed by atoms with E-state index in [1.54, 1.807) is 6.07 Å². The fourth-order valence-corrected chi connectivity index (χ4v) is 1.48. The minimum atomic E-state index is -0.544. The Bertz CT molecular complexity index is 331. The van der Waals surface area contributed by atoms with E-state index in [1.165, 1.54) is 12.1 Å². The number of aliphatic hydroxyl groups excluding tert-OH is 1. The van der Waals surface area contributed by atoms with E-state index in [-0.39, 0.29) is 12.4 Å². The lowest BCUT2D eigenvalue weighted by atomic mass is 10.1. The molecule has 0 aliphatic carbocycles. The predicted octanol–water partition coefficient (Wildman–Crippen LogP) is 1.48. The van der Waals surface area contributed by atoms with Crippen LogP contribution in [0.5, 0.6) is 5.75 Å². The summed E-state index contributed by atoms with van der Waals surface area (Å²) in [7, 11) is 0. The number of hydrogen-bond donors (Lipinski definition) is 2. The largest absolute Gasteiger partial charge is 0.494 e. The number of rotatable bonds is 6. The van der Waals surface area contributed by atoms with Gasteiger partial charge in [-0.2, -0.15) is 0 Å². The fourth-order valence-electron chi connectivity index (χ4n) is 1.48. The van der Waals surface area contributed by atoms with Crippen LogP contribution in [0.1, 0.15) is 18.9 Å². The Balaban J connectivity index is 2.71. The van der Waals surface area contributed by atoms with Crippen molar-refractivity contribution in [1.29, 1.82) is 0 Å². The summed E-state index contributed by atoms with van der Waals surface area (Å²) < 4.78 is 18.4. The molecule has 0 spiro atoms. The summed E-state index contributed by atoms with van der Waals surface area (Å²) in [4.78, 5) is 0. The van der Waals surface area contributed by atoms with Crippen LogP contribution in [0.4, 0.5) is 4.39 Å². The second kappa shape index (κ2) is 6.45. The molecule has 1 unspecified atom stereocenters. The Kier molecular flexibility index (Phi) is 5.22. The standard InChI is InChI=1S/C12H18FNO2/c1-2-16-12-6-4-10(13)7-9(12)3-5-11(15)8-14/h4,6-7,11,15H,2-3,5,8,14H2,1H3. The van der Waals surface area contributed by atoms with Gasteiger partial charge in [0.15, 0.2) is 0 Å². The summed E-state index contributed by atoms with van der Waals surface area (Å²) in [5.74, 6) is 0.383. The van der Waals surface area contributed by atoms with Gasteiger partial charge in [0.25, 0.3) is 0 Å². The molecular formula is C12H18FNO2. The van der Waals surface area contributed by atoms with Crippen molar-refractivity contribution in [3.05, 3.63) is 29.6 Å². The van der Waals surface area contributed by atoms with Gasteiger partial charge in [-0.05, 0) is 43.5 Å². The highest BCUT2D eigenvalue weighted by Gasteiger charge is 2.08. The smallest absolute Gasteiger partial charge is 0.123 e. The zero-order chi connectivity index (χ0) is 12.0. The van der Waals surface area contributed by atoms with E-state index in [1.807, 2.05) is 6.92 Å². The minimum absolute atomic E-state index is 0.222. The van der Waals surface area contributed by atoms with Crippen molar-refractivity contribution < 1.29 is 14.2 Å². The molecule has 1 atom stereocenters. The van der Waals surface area contributed by atoms with Crippen molar-refractivity contribution in [2.24, 2.45) is 5.73 Å². The Morgan fingerprint density at radius 2 is 2.25 bits per heavy atom. The molecule has 3 N–H and O–H groups in total. The Morgan fingerprint density at radius 1 is 1.50 bits per heavy atom. The zero-order valence-electron chi connectivity index (χ0n) is 9.45. The number of aryl methyl sites for hydroxylation is 1. The quantitative estimate of drug-likeness (QED) is 0.774. The maximum Gasteiger partial charge on any atom is 0.123 e. The van der Waals surface area contributed by atoms with Gasteiger partial charge in [-0.1, -0.05) is 0 Å². The van der Waals surface area contributed by atoms with Gasteiger partial charge in [0, 0.05) is 6.54 Å². The van der Waals surface area contributed by atoms with Crippen molar-refractivity contribution >= 4 is 0 Å². The van der Waals surface area contributed by atoms with Crippen LogP contribution in [0.3, 0.4) is 0 Å². The SMILES string of the molecule is CCOc1ccc(F)cc1CCC(O)CN. The number of halogens is 1. The molecule has 0 radical (unpaired) electrons. The molecule has 1 aromatic carbocycles. The molecule has 0 fully saturated rings. The molecule has 0 aliphatic rings. The molecule has 4 heteroatoms. The topological polar surface area (TPSA) is 55.5 Å². The van der Waals surface area contributed by atoms with Crippen LogP contribution in [-0.2, 0) is 6.42 Å². The Labute approximate surface area is 95.0 Å². The van der Waals surface area contributed by atoms with Crippen molar-refractivity contribution in [2.75, 3.05) is 13.2 Å². The van der Waals surface area contributed by atoms with Crippen LogP contribution in [0.2, 0.25) is 0 Å². The van der Waals surface area contributed by atoms with Gasteiger partial charge in [0.1, 0.15) is 11.6 Å². The molecule has 90 valence electrons. The molecule has 1 rings (SSSR count). The van der Waals surface area contributed by atoms with E-state index in [9.17, 15) is 9.50 Å². The fraction of sp³-hybridized carbons (Fsp3) is 0.500. The second-order valence-corrected chi connectivity index (χ2v) is 3.61. The van der Waals surface area contributed by atoms with E-state index >= 15 is 0 Å². The average molecular weight is 227 g/mol. The molecule has 0 heterocycles. The molecule has 16 heavy (non-hydrogen) atoms. The maximum atomic E-state index is 13.1. The van der Waals surface area contributed by atoms with Crippen LogP contribution in [0.25, 0.3) is 0 Å². The van der Waals surface area contributed by atoms with Gasteiger partial charge in [0.2, 0.25) is 0 Å². The maximum absolute atomic E-state index is 13.1. The van der Waals surface area contributed by atoms with Gasteiger partial charge in [0.05, 0.1) is 12.7 Å². The van der Waals surface area contributed by atoms with Crippen molar-refractivity contribution in [3.8, 4) is 5.75 Å². The predicted molar refractivity (Wildman–Crippen MR) is 61.0 cm³/mol. The third-order valence-corrected chi connectivity index (χ3v) is 2.34. The monoisotopic (exact) mass is 227 g/mol. The van der Waals surface area contributed by atoms with Gasteiger partial charge >= 0.3 is 0 Å². The van der Waals surface area contributed by atoms with Crippen molar-refractivity contribution in [2.45, 2.75) is 25.9 Å². The highest BCUT2D eigenvalue weighted by Crippen LogP contribution is 2.21. The molecule has 0 aliphatic heterocycles. The Morgan fingerprint density at radius 3 is 2.88 bits per heavy atom. The first-order valence-corrected chi connectivity index (χ1v) is 5.46. The molecule has 0 bridgehead atoms. The van der Waals surface area contributed by atoms with Crippen LogP contribution in [0, 0.1) is 5.82 Å². The average Bonchev–Trinajstić information content (AvgIpc) is 2.29. The number of benzene rings is 1. The zero-order valence-corrected chi connectivity index (χ0v) is 9.45. The number of aliphatic hydroxyl groups is 1. The Hall–Kier alpha value is -1.13. The summed E-state index contributed by atoms with van der Waals surface area (Å²) >= 11 is 0. The van der Waals surface area contributed by atoms with Crippen LogP contribution >= 0.6 is 0 Å². The summed E-state index contributed by atoms with van der Waals surface area (Å²) in [6.45, 7) is 2.64. The lowest BCUT2D eigenvalue weighted by Gasteiger charge is -2.12. The normalized spacial score (nSPS) is 12.5. The third kappa shape index (κ3) is 3.79.